The fourth-order valence-corrected chi connectivity index (χ4v) is 6.17. The highest BCUT2D eigenvalue weighted by molar-refractivity contribution is 6.29. The molecule has 0 atom stereocenters. The highest BCUT2D eigenvalue weighted by atomic mass is 16.3. The average Bonchev–Trinajstić information content (AvgIpc) is 3.58. The summed E-state index contributed by atoms with van der Waals surface area (Å²) in [6, 6.07) is 49.3. The number of hydrogen-bond acceptors (Lipinski definition) is 5. The molecule has 0 spiro atoms. The third-order valence-electron chi connectivity index (χ3n) is 8.33. The Morgan fingerprint density at radius 2 is 0.911 bits per heavy atom. The van der Waals surface area contributed by atoms with Gasteiger partial charge in [-0.05, 0) is 39.7 Å². The Morgan fingerprint density at radius 1 is 0.378 bits per heavy atom. The van der Waals surface area contributed by atoms with Crippen molar-refractivity contribution < 1.29 is 4.42 Å². The normalized spacial score (nSPS) is 11.6. The molecule has 2 heterocycles. The molecule has 0 aliphatic rings. The zero-order valence-corrected chi connectivity index (χ0v) is 24.1. The monoisotopic (exact) mass is 576 g/mol. The van der Waals surface area contributed by atoms with Gasteiger partial charge < -0.3 is 4.42 Å². The van der Waals surface area contributed by atoms with Gasteiger partial charge in [-0.2, -0.15) is 0 Å². The maximum absolute atomic E-state index is 6.52. The largest absolute Gasteiger partial charge is 0.435 e. The van der Waals surface area contributed by atoms with Crippen LogP contribution >= 0.6 is 0 Å². The maximum atomic E-state index is 6.52. The summed E-state index contributed by atoms with van der Waals surface area (Å²) in [5.74, 6) is 2.49. The summed E-state index contributed by atoms with van der Waals surface area (Å²) < 4.78 is 6.52. The van der Waals surface area contributed by atoms with Crippen LogP contribution in [-0.2, 0) is 0 Å². The van der Waals surface area contributed by atoms with Crippen LogP contribution in [0.5, 0.6) is 0 Å². The number of hydrogen-bond donors (Lipinski definition) is 0. The first-order chi connectivity index (χ1) is 22.3. The van der Waals surface area contributed by atoms with Gasteiger partial charge in [-0.1, -0.05) is 127 Å². The van der Waals surface area contributed by atoms with Gasteiger partial charge in [0.15, 0.2) is 23.1 Å². The van der Waals surface area contributed by atoms with Gasteiger partial charge in [0.1, 0.15) is 5.52 Å². The molecule has 9 rings (SSSR count). The van der Waals surface area contributed by atoms with E-state index in [1.54, 1.807) is 0 Å². The quantitative estimate of drug-likeness (QED) is 0.195. The topological polar surface area (TPSA) is 64.7 Å². The van der Waals surface area contributed by atoms with E-state index in [2.05, 4.69) is 48.5 Å². The highest BCUT2D eigenvalue weighted by Crippen LogP contribution is 2.41. The van der Waals surface area contributed by atoms with E-state index in [9.17, 15) is 0 Å². The van der Waals surface area contributed by atoms with E-state index in [-0.39, 0.29) is 0 Å². The van der Waals surface area contributed by atoms with Crippen LogP contribution in [-0.4, -0.2) is 19.9 Å². The Hall–Kier alpha value is -6.20. The lowest BCUT2D eigenvalue weighted by atomic mass is 9.94. The number of aromatic nitrogens is 4. The summed E-state index contributed by atoms with van der Waals surface area (Å²) in [7, 11) is 0. The van der Waals surface area contributed by atoms with Crippen molar-refractivity contribution in [3.8, 4) is 45.6 Å². The first kappa shape index (κ1) is 25.3. The molecular weight excluding hydrogens is 552 g/mol. The van der Waals surface area contributed by atoms with Crippen molar-refractivity contribution in [3.63, 3.8) is 0 Å². The van der Waals surface area contributed by atoms with E-state index in [0.717, 1.165) is 65.7 Å². The second-order valence-corrected chi connectivity index (χ2v) is 11.1. The second-order valence-electron chi connectivity index (χ2n) is 11.1. The molecule has 0 amide bonds. The molecule has 0 saturated carbocycles. The van der Waals surface area contributed by atoms with E-state index in [4.69, 9.17) is 24.4 Å². The standard InChI is InChI=1S/C40H24N4O/c1-4-12-26(13-5-1)37-42-38(27-14-6-2-7-15-27)44-39(43-37)29-21-20-25-22-23-31-30-18-10-11-19-32(30)36-35(34(31)33(25)24-29)41-40(45-36)28-16-8-3-9-17-28/h1-24H. The van der Waals surface area contributed by atoms with E-state index in [0.29, 0.717) is 23.4 Å². The molecule has 0 saturated heterocycles. The molecule has 7 aromatic carbocycles. The van der Waals surface area contributed by atoms with Crippen LogP contribution in [0.25, 0.3) is 89.0 Å². The molecule has 0 N–H and O–H groups in total. The molecule has 210 valence electrons. The molecular formula is C40H24N4O. The van der Waals surface area contributed by atoms with Gasteiger partial charge in [-0.25, -0.2) is 19.9 Å². The molecule has 5 heteroatoms. The Kier molecular flexibility index (Phi) is 5.74. The van der Waals surface area contributed by atoms with Crippen molar-refractivity contribution in [2.24, 2.45) is 0 Å². The highest BCUT2D eigenvalue weighted by Gasteiger charge is 2.19. The summed E-state index contributed by atoms with van der Waals surface area (Å²) in [6.45, 7) is 0. The minimum Gasteiger partial charge on any atom is -0.435 e. The minimum absolute atomic E-state index is 0.605. The van der Waals surface area contributed by atoms with Crippen molar-refractivity contribution in [2.75, 3.05) is 0 Å². The molecule has 0 aliphatic carbocycles. The minimum atomic E-state index is 0.605. The molecule has 45 heavy (non-hydrogen) atoms. The molecule has 0 radical (unpaired) electrons. The lowest BCUT2D eigenvalue weighted by molar-refractivity contribution is 0.623. The van der Waals surface area contributed by atoms with Crippen LogP contribution in [0.2, 0.25) is 0 Å². The lowest BCUT2D eigenvalue weighted by Crippen LogP contribution is -2.00. The van der Waals surface area contributed by atoms with Gasteiger partial charge >= 0.3 is 0 Å². The summed E-state index contributed by atoms with van der Waals surface area (Å²) in [4.78, 5) is 20.0. The second kappa shape index (κ2) is 10.2. The van der Waals surface area contributed by atoms with E-state index < -0.39 is 0 Å². The van der Waals surface area contributed by atoms with E-state index in [1.807, 2.05) is 97.1 Å². The van der Waals surface area contributed by atoms with Crippen LogP contribution in [0.15, 0.2) is 150 Å². The van der Waals surface area contributed by atoms with Gasteiger partial charge in [0.25, 0.3) is 0 Å². The first-order valence-electron chi connectivity index (χ1n) is 14.9. The Balaban J connectivity index is 1.33. The van der Waals surface area contributed by atoms with Gasteiger partial charge in [0.2, 0.25) is 5.89 Å². The molecule has 5 nitrogen and oxygen atoms in total. The third-order valence-corrected chi connectivity index (χ3v) is 8.33. The predicted octanol–water partition coefficient (Wildman–Crippen LogP) is 10.1. The molecule has 9 aromatic rings. The average molecular weight is 577 g/mol. The Morgan fingerprint density at radius 3 is 1.56 bits per heavy atom. The molecule has 0 bridgehead atoms. The smallest absolute Gasteiger partial charge is 0.227 e. The van der Waals surface area contributed by atoms with Crippen molar-refractivity contribution in [3.05, 3.63) is 146 Å². The van der Waals surface area contributed by atoms with Gasteiger partial charge in [-0.15, -0.1) is 0 Å². The van der Waals surface area contributed by atoms with Crippen molar-refractivity contribution >= 4 is 43.4 Å². The molecule has 2 aromatic heterocycles. The summed E-state index contributed by atoms with van der Waals surface area (Å²) in [5.41, 5.74) is 5.35. The fraction of sp³-hybridized carbons (Fsp3) is 0. The van der Waals surface area contributed by atoms with Crippen LogP contribution in [0.4, 0.5) is 0 Å². The Labute approximate surface area is 258 Å². The SMILES string of the molecule is c1ccc(-c2nc(-c3ccccc3)nc(-c3ccc4ccc5c6ccccc6c6oc(-c7ccccc7)nc6c5c4c3)n2)cc1. The fourth-order valence-electron chi connectivity index (χ4n) is 6.17. The molecule has 0 aliphatic heterocycles. The zero-order chi connectivity index (χ0) is 29.7. The van der Waals surface area contributed by atoms with Gasteiger partial charge in [-0.3, -0.25) is 0 Å². The summed E-state index contributed by atoms with van der Waals surface area (Å²) in [5, 5.41) is 6.52. The maximum Gasteiger partial charge on any atom is 0.227 e. The van der Waals surface area contributed by atoms with Crippen LogP contribution in [0, 0.1) is 0 Å². The summed E-state index contributed by atoms with van der Waals surface area (Å²) in [6.07, 6.45) is 0. The number of benzene rings is 7. The number of fused-ring (bicyclic) bond motifs is 8. The molecule has 0 unspecified atom stereocenters. The van der Waals surface area contributed by atoms with E-state index >= 15 is 0 Å². The lowest BCUT2D eigenvalue weighted by Gasteiger charge is -2.11. The first-order valence-corrected chi connectivity index (χ1v) is 14.9. The molecule has 0 fully saturated rings. The zero-order valence-electron chi connectivity index (χ0n) is 24.1. The van der Waals surface area contributed by atoms with Crippen molar-refractivity contribution in [2.45, 2.75) is 0 Å². The Bertz CT molecular complexity index is 2470. The van der Waals surface area contributed by atoms with E-state index in [1.165, 1.54) is 0 Å². The number of rotatable bonds is 4. The number of nitrogens with zero attached hydrogens (tertiary/aromatic N) is 4. The van der Waals surface area contributed by atoms with Crippen LogP contribution in [0.1, 0.15) is 0 Å². The third kappa shape index (κ3) is 4.25. The van der Waals surface area contributed by atoms with Crippen molar-refractivity contribution in [1.82, 2.24) is 19.9 Å². The van der Waals surface area contributed by atoms with Crippen molar-refractivity contribution in [1.29, 1.82) is 0 Å². The van der Waals surface area contributed by atoms with Crippen LogP contribution in [0.3, 0.4) is 0 Å². The van der Waals surface area contributed by atoms with Gasteiger partial charge in [0.05, 0.1) is 0 Å². The number of oxazole rings is 1. The van der Waals surface area contributed by atoms with Crippen LogP contribution < -0.4 is 0 Å². The predicted molar refractivity (Wildman–Crippen MR) is 182 cm³/mol. The van der Waals surface area contributed by atoms with Gasteiger partial charge in [0, 0.05) is 33.0 Å². The summed E-state index contributed by atoms with van der Waals surface area (Å²) >= 11 is 0.